The summed E-state index contributed by atoms with van der Waals surface area (Å²) in [4.78, 5) is 2.46. The molecule has 1 aliphatic rings. The van der Waals surface area contributed by atoms with Gasteiger partial charge in [0.25, 0.3) is 0 Å². The molecule has 0 saturated carbocycles. The van der Waals surface area contributed by atoms with Crippen molar-refractivity contribution in [2.75, 3.05) is 37.7 Å². The number of nitrogens with one attached hydrogen (secondary N) is 1. The molecule has 1 fully saturated rings. The lowest BCUT2D eigenvalue weighted by Gasteiger charge is -2.23. The molecular weight excluding hydrogens is 248 g/mol. The van der Waals surface area contributed by atoms with Crippen molar-refractivity contribution in [2.45, 2.75) is 33.6 Å². The maximum atomic E-state index is 5.93. The van der Waals surface area contributed by atoms with Crippen LogP contribution in [0.3, 0.4) is 0 Å². The first-order chi connectivity index (χ1) is 9.70. The predicted octanol–water partition coefficient (Wildman–Crippen LogP) is 3.22. The van der Waals surface area contributed by atoms with Gasteiger partial charge in [0, 0.05) is 25.3 Å². The average molecular weight is 276 g/mol. The molecule has 0 aliphatic carbocycles. The summed E-state index contributed by atoms with van der Waals surface area (Å²) in [6.45, 7) is 11.8. The summed E-state index contributed by atoms with van der Waals surface area (Å²) in [6.07, 6.45) is 2.38. The van der Waals surface area contributed by atoms with E-state index in [1.165, 1.54) is 17.7 Å². The lowest BCUT2D eigenvalue weighted by Crippen LogP contribution is -2.27. The lowest BCUT2D eigenvalue weighted by atomic mass is 10.1. The molecule has 1 heterocycles. The number of aryl methyl sites for hydroxylation is 1. The normalized spacial score (nSPS) is 17.6. The molecule has 0 radical (unpaired) electrons. The number of ether oxygens (including phenoxy) is 1. The fraction of sp³-hybridized carbons (Fsp3) is 0.647. The van der Waals surface area contributed by atoms with Crippen LogP contribution in [-0.2, 0) is 0 Å². The minimum Gasteiger partial charge on any atom is -0.493 e. The number of rotatable bonds is 5. The van der Waals surface area contributed by atoms with E-state index in [-0.39, 0.29) is 0 Å². The van der Waals surface area contributed by atoms with Gasteiger partial charge in [-0.1, -0.05) is 20.3 Å². The van der Waals surface area contributed by atoms with Gasteiger partial charge in [0.05, 0.1) is 6.61 Å². The van der Waals surface area contributed by atoms with E-state index in [4.69, 9.17) is 4.74 Å². The van der Waals surface area contributed by atoms with E-state index < -0.39 is 0 Å². The highest BCUT2D eigenvalue weighted by Gasteiger charge is 2.11. The van der Waals surface area contributed by atoms with Crippen molar-refractivity contribution in [3.8, 4) is 5.75 Å². The molecule has 0 aromatic heterocycles. The molecule has 3 heteroatoms. The smallest absolute Gasteiger partial charge is 0.122 e. The van der Waals surface area contributed by atoms with Gasteiger partial charge >= 0.3 is 0 Å². The molecule has 0 amide bonds. The molecule has 1 atom stereocenters. The van der Waals surface area contributed by atoms with Gasteiger partial charge in [-0.3, -0.25) is 0 Å². The Morgan fingerprint density at radius 2 is 2.15 bits per heavy atom. The van der Waals surface area contributed by atoms with Crippen LogP contribution in [0.4, 0.5) is 5.69 Å². The molecule has 1 N–H and O–H groups in total. The maximum Gasteiger partial charge on any atom is 0.122 e. The zero-order valence-corrected chi connectivity index (χ0v) is 13.1. The molecule has 2 rings (SSSR count). The van der Waals surface area contributed by atoms with Crippen LogP contribution in [0.5, 0.6) is 5.75 Å². The number of hydrogen-bond acceptors (Lipinski definition) is 3. The Balaban J connectivity index is 2.00. The quantitative estimate of drug-likeness (QED) is 0.893. The van der Waals surface area contributed by atoms with Crippen LogP contribution < -0.4 is 15.0 Å². The van der Waals surface area contributed by atoms with E-state index in [0.29, 0.717) is 5.92 Å². The Labute approximate surface area is 123 Å². The maximum absolute atomic E-state index is 5.93. The second-order valence-electron chi connectivity index (χ2n) is 5.86. The van der Waals surface area contributed by atoms with E-state index in [1.807, 2.05) is 0 Å². The van der Waals surface area contributed by atoms with Gasteiger partial charge in [-0.15, -0.1) is 0 Å². The van der Waals surface area contributed by atoms with Gasteiger partial charge in [0.2, 0.25) is 0 Å². The summed E-state index contributed by atoms with van der Waals surface area (Å²) >= 11 is 0. The fourth-order valence-electron chi connectivity index (χ4n) is 2.45. The third-order valence-electron chi connectivity index (χ3n) is 4.08. The molecule has 1 aromatic carbocycles. The second kappa shape index (κ2) is 7.53. The van der Waals surface area contributed by atoms with E-state index >= 15 is 0 Å². The first-order valence-corrected chi connectivity index (χ1v) is 7.89. The molecule has 1 unspecified atom stereocenters. The van der Waals surface area contributed by atoms with Gasteiger partial charge in [-0.05, 0) is 49.6 Å². The van der Waals surface area contributed by atoms with E-state index in [2.05, 4.69) is 49.2 Å². The standard InChI is InChI=1S/C17H28N2O/c1-4-14(2)13-20-17-7-6-16(12-15(17)3)19-10-5-8-18-9-11-19/h6-7,12,14,18H,4-5,8-11,13H2,1-3H3. The van der Waals surface area contributed by atoms with Crippen LogP contribution in [-0.4, -0.2) is 32.8 Å². The topological polar surface area (TPSA) is 24.5 Å². The van der Waals surface area contributed by atoms with Gasteiger partial charge < -0.3 is 15.0 Å². The first-order valence-electron chi connectivity index (χ1n) is 7.89. The molecular formula is C17H28N2O. The van der Waals surface area contributed by atoms with Crippen LogP contribution in [0, 0.1) is 12.8 Å². The molecule has 3 nitrogen and oxygen atoms in total. The largest absolute Gasteiger partial charge is 0.493 e. The Hall–Kier alpha value is -1.22. The number of nitrogens with zero attached hydrogens (tertiary/aromatic N) is 1. The van der Waals surface area contributed by atoms with Gasteiger partial charge in [0.1, 0.15) is 5.75 Å². The Kier molecular flexibility index (Phi) is 5.72. The van der Waals surface area contributed by atoms with Crippen molar-refractivity contribution >= 4 is 5.69 Å². The molecule has 20 heavy (non-hydrogen) atoms. The monoisotopic (exact) mass is 276 g/mol. The van der Waals surface area contributed by atoms with Crippen molar-refractivity contribution in [3.05, 3.63) is 23.8 Å². The summed E-state index contributed by atoms with van der Waals surface area (Å²) in [5.74, 6) is 1.65. The van der Waals surface area contributed by atoms with Crippen LogP contribution in [0.1, 0.15) is 32.3 Å². The van der Waals surface area contributed by atoms with E-state index in [1.54, 1.807) is 0 Å². The highest BCUT2D eigenvalue weighted by molar-refractivity contribution is 5.53. The van der Waals surface area contributed by atoms with Crippen LogP contribution >= 0.6 is 0 Å². The van der Waals surface area contributed by atoms with Crippen LogP contribution in [0.25, 0.3) is 0 Å². The minimum absolute atomic E-state index is 0.616. The van der Waals surface area contributed by atoms with E-state index in [0.717, 1.165) is 45.0 Å². The van der Waals surface area contributed by atoms with E-state index in [9.17, 15) is 0 Å². The number of benzene rings is 1. The highest BCUT2D eigenvalue weighted by Crippen LogP contribution is 2.25. The van der Waals surface area contributed by atoms with Crippen molar-refractivity contribution < 1.29 is 4.74 Å². The van der Waals surface area contributed by atoms with Crippen molar-refractivity contribution in [1.29, 1.82) is 0 Å². The molecule has 112 valence electrons. The summed E-state index contributed by atoms with van der Waals surface area (Å²) < 4.78 is 5.93. The van der Waals surface area contributed by atoms with Gasteiger partial charge in [-0.2, -0.15) is 0 Å². The second-order valence-corrected chi connectivity index (χ2v) is 5.86. The zero-order valence-electron chi connectivity index (χ0n) is 13.1. The predicted molar refractivity (Wildman–Crippen MR) is 85.8 cm³/mol. The van der Waals surface area contributed by atoms with Crippen molar-refractivity contribution in [2.24, 2.45) is 5.92 Å². The Morgan fingerprint density at radius 3 is 2.90 bits per heavy atom. The summed E-state index contributed by atoms with van der Waals surface area (Å²) in [5.41, 5.74) is 2.56. The summed E-state index contributed by atoms with van der Waals surface area (Å²) in [5, 5.41) is 3.45. The number of hydrogen-bond donors (Lipinski definition) is 1. The van der Waals surface area contributed by atoms with Gasteiger partial charge in [-0.25, -0.2) is 0 Å². The summed E-state index contributed by atoms with van der Waals surface area (Å²) in [7, 11) is 0. The molecule has 1 saturated heterocycles. The zero-order chi connectivity index (χ0) is 14.4. The lowest BCUT2D eigenvalue weighted by molar-refractivity contribution is 0.255. The summed E-state index contributed by atoms with van der Waals surface area (Å²) in [6, 6.07) is 6.59. The third kappa shape index (κ3) is 4.14. The van der Waals surface area contributed by atoms with Crippen molar-refractivity contribution in [3.63, 3.8) is 0 Å². The molecule has 1 aromatic rings. The fourth-order valence-corrected chi connectivity index (χ4v) is 2.45. The molecule has 0 bridgehead atoms. The van der Waals surface area contributed by atoms with Crippen LogP contribution in [0.2, 0.25) is 0 Å². The Morgan fingerprint density at radius 1 is 1.30 bits per heavy atom. The average Bonchev–Trinajstić information content (AvgIpc) is 2.74. The molecule has 0 spiro atoms. The highest BCUT2D eigenvalue weighted by atomic mass is 16.5. The minimum atomic E-state index is 0.616. The van der Waals surface area contributed by atoms with Crippen molar-refractivity contribution in [1.82, 2.24) is 5.32 Å². The number of anilines is 1. The molecule has 1 aliphatic heterocycles. The van der Waals surface area contributed by atoms with Gasteiger partial charge in [0.15, 0.2) is 0 Å². The third-order valence-corrected chi connectivity index (χ3v) is 4.08. The SMILES string of the molecule is CCC(C)COc1ccc(N2CCCNCC2)cc1C. The first kappa shape index (κ1) is 15.2. The van der Waals surface area contributed by atoms with Crippen LogP contribution in [0.15, 0.2) is 18.2 Å². The Bertz CT molecular complexity index is 411.